The minimum atomic E-state index is 0.175. The van der Waals surface area contributed by atoms with Crippen LogP contribution in [0.2, 0.25) is 5.02 Å². The second-order valence-electron chi connectivity index (χ2n) is 5.89. The third-order valence-electron chi connectivity index (χ3n) is 3.72. The monoisotopic (exact) mass is 408 g/mol. The highest BCUT2D eigenvalue weighted by atomic mass is 35.5. The molecule has 1 aromatic carbocycles. The Kier molecular flexibility index (Phi) is 7.10. The van der Waals surface area contributed by atoms with E-state index >= 15 is 0 Å². The first-order valence-electron chi connectivity index (χ1n) is 8.32. The van der Waals surface area contributed by atoms with Gasteiger partial charge in [0.05, 0.1) is 12.2 Å². The minimum Gasteiger partial charge on any atom is -0.396 e. The molecule has 0 saturated carbocycles. The standard InChI is InChI=1S/C18H21ClN4OS2/c1-22(12-16-7-3-9-25-16)13-17-20-21-18(26-10-4-8-24)23(17)15-6-2-5-14(19)11-15/h2-3,5-7,9,11,24H,4,8,10,12-13H2,1H3. The lowest BCUT2D eigenvalue weighted by Gasteiger charge is -2.17. The van der Waals surface area contributed by atoms with Gasteiger partial charge in [-0.15, -0.1) is 21.5 Å². The summed E-state index contributed by atoms with van der Waals surface area (Å²) in [6.45, 7) is 1.72. The van der Waals surface area contributed by atoms with E-state index in [0.717, 1.165) is 35.4 Å². The van der Waals surface area contributed by atoms with Gasteiger partial charge >= 0.3 is 0 Å². The van der Waals surface area contributed by atoms with Crippen LogP contribution in [-0.4, -0.2) is 44.2 Å². The third kappa shape index (κ3) is 5.08. The van der Waals surface area contributed by atoms with Crippen molar-refractivity contribution in [2.45, 2.75) is 24.7 Å². The van der Waals surface area contributed by atoms with Gasteiger partial charge in [0, 0.05) is 28.8 Å². The van der Waals surface area contributed by atoms with E-state index in [1.165, 1.54) is 4.88 Å². The van der Waals surface area contributed by atoms with E-state index in [0.29, 0.717) is 11.6 Å². The highest BCUT2D eigenvalue weighted by molar-refractivity contribution is 7.99. The maximum absolute atomic E-state index is 9.03. The Balaban J connectivity index is 1.84. The summed E-state index contributed by atoms with van der Waals surface area (Å²) in [6, 6.07) is 11.9. The fourth-order valence-electron chi connectivity index (χ4n) is 2.56. The lowest BCUT2D eigenvalue weighted by atomic mass is 10.3. The van der Waals surface area contributed by atoms with E-state index in [1.54, 1.807) is 23.1 Å². The van der Waals surface area contributed by atoms with Crippen molar-refractivity contribution in [3.8, 4) is 5.69 Å². The quantitative estimate of drug-likeness (QED) is 0.427. The van der Waals surface area contributed by atoms with Gasteiger partial charge in [-0.2, -0.15) is 0 Å². The van der Waals surface area contributed by atoms with Crippen LogP contribution in [0.5, 0.6) is 0 Å². The van der Waals surface area contributed by atoms with Crippen LogP contribution in [0, 0.1) is 0 Å². The second-order valence-corrected chi connectivity index (χ2v) is 8.42. The SMILES string of the molecule is CN(Cc1cccs1)Cc1nnc(SCCCO)n1-c1cccc(Cl)c1. The molecule has 0 unspecified atom stereocenters. The molecule has 0 saturated heterocycles. The summed E-state index contributed by atoms with van der Waals surface area (Å²) in [5, 5.41) is 21.4. The first-order chi connectivity index (χ1) is 12.7. The fourth-order valence-corrected chi connectivity index (χ4v) is 4.43. The number of aliphatic hydroxyl groups is 1. The molecule has 0 fully saturated rings. The van der Waals surface area contributed by atoms with Crippen molar-refractivity contribution in [2.75, 3.05) is 19.4 Å². The Labute approximate surface area is 166 Å². The molecule has 8 heteroatoms. The number of halogens is 1. The van der Waals surface area contributed by atoms with Gasteiger partial charge in [-0.05, 0) is 43.1 Å². The Morgan fingerprint density at radius 1 is 1.23 bits per heavy atom. The van der Waals surface area contributed by atoms with E-state index in [-0.39, 0.29) is 6.61 Å². The molecule has 138 valence electrons. The maximum Gasteiger partial charge on any atom is 0.195 e. The number of rotatable bonds is 9. The van der Waals surface area contributed by atoms with Gasteiger partial charge in [0.15, 0.2) is 11.0 Å². The molecular formula is C18H21ClN4OS2. The number of benzene rings is 1. The van der Waals surface area contributed by atoms with E-state index < -0.39 is 0 Å². The molecule has 0 spiro atoms. The normalized spacial score (nSPS) is 11.4. The molecule has 0 atom stereocenters. The summed E-state index contributed by atoms with van der Waals surface area (Å²) in [6.07, 6.45) is 0.723. The Morgan fingerprint density at radius 3 is 2.85 bits per heavy atom. The van der Waals surface area contributed by atoms with Crippen molar-refractivity contribution in [1.29, 1.82) is 0 Å². The maximum atomic E-state index is 9.03. The van der Waals surface area contributed by atoms with Crippen molar-refractivity contribution >= 4 is 34.7 Å². The van der Waals surface area contributed by atoms with Crippen molar-refractivity contribution in [2.24, 2.45) is 0 Å². The number of aliphatic hydroxyl groups excluding tert-OH is 1. The molecule has 0 aliphatic rings. The molecule has 26 heavy (non-hydrogen) atoms. The molecule has 2 aromatic heterocycles. The topological polar surface area (TPSA) is 54.2 Å². The number of aromatic nitrogens is 3. The van der Waals surface area contributed by atoms with Gasteiger partial charge in [0.25, 0.3) is 0 Å². The Hall–Kier alpha value is -1.38. The van der Waals surface area contributed by atoms with Crippen molar-refractivity contribution in [3.63, 3.8) is 0 Å². The van der Waals surface area contributed by atoms with Crippen molar-refractivity contribution in [3.05, 3.63) is 57.5 Å². The van der Waals surface area contributed by atoms with Crippen molar-refractivity contribution in [1.82, 2.24) is 19.7 Å². The predicted octanol–water partition coefficient (Wildman–Crippen LogP) is 4.09. The van der Waals surface area contributed by atoms with Crippen LogP contribution >= 0.6 is 34.7 Å². The molecule has 0 radical (unpaired) electrons. The first-order valence-corrected chi connectivity index (χ1v) is 10.6. The summed E-state index contributed by atoms with van der Waals surface area (Å²) in [5.41, 5.74) is 0.952. The largest absolute Gasteiger partial charge is 0.396 e. The molecule has 3 aromatic rings. The van der Waals surface area contributed by atoms with E-state index in [9.17, 15) is 0 Å². The van der Waals surface area contributed by atoms with Gasteiger partial charge in [-0.3, -0.25) is 9.47 Å². The van der Waals surface area contributed by atoms with Gasteiger partial charge < -0.3 is 5.11 Å². The molecule has 0 amide bonds. The molecule has 1 N–H and O–H groups in total. The lowest BCUT2D eigenvalue weighted by molar-refractivity contribution is 0.296. The summed E-state index contributed by atoms with van der Waals surface area (Å²) >= 11 is 9.54. The first kappa shape index (κ1) is 19.4. The van der Waals surface area contributed by atoms with E-state index in [4.69, 9.17) is 16.7 Å². The summed E-state index contributed by atoms with van der Waals surface area (Å²) in [5.74, 6) is 1.66. The van der Waals surface area contributed by atoms with Gasteiger partial charge in [0.1, 0.15) is 0 Å². The molecule has 0 aliphatic carbocycles. The van der Waals surface area contributed by atoms with Crippen LogP contribution in [0.15, 0.2) is 46.9 Å². The zero-order valence-corrected chi connectivity index (χ0v) is 16.9. The van der Waals surface area contributed by atoms with Crippen LogP contribution in [0.1, 0.15) is 17.1 Å². The van der Waals surface area contributed by atoms with E-state index in [1.807, 2.05) is 24.3 Å². The van der Waals surface area contributed by atoms with Crippen molar-refractivity contribution < 1.29 is 5.11 Å². The predicted molar refractivity (Wildman–Crippen MR) is 108 cm³/mol. The summed E-state index contributed by atoms with van der Waals surface area (Å²) in [4.78, 5) is 3.54. The number of hydrogen-bond donors (Lipinski definition) is 1. The highest BCUT2D eigenvalue weighted by Crippen LogP contribution is 2.25. The zero-order valence-electron chi connectivity index (χ0n) is 14.5. The minimum absolute atomic E-state index is 0.175. The molecular weight excluding hydrogens is 388 g/mol. The molecule has 0 aliphatic heterocycles. The average molecular weight is 409 g/mol. The van der Waals surface area contributed by atoms with Crippen LogP contribution in [-0.2, 0) is 13.1 Å². The molecule has 2 heterocycles. The van der Waals surface area contributed by atoms with Gasteiger partial charge in [-0.25, -0.2) is 0 Å². The van der Waals surface area contributed by atoms with Crippen LogP contribution in [0.3, 0.4) is 0 Å². The van der Waals surface area contributed by atoms with Gasteiger partial charge in [0.2, 0.25) is 0 Å². The summed E-state index contributed by atoms with van der Waals surface area (Å²) < 4.78 is 2.05. The van der Waals surface area contributed by atoms with Gasteiger partial charge in [-0.1, -0.05) is 35.5 Å². The second kappa shape index (κ2) is 9.53. The van der Waals surface area contributed by atoms with E-state index in [2.05, 4.69) is 44.2 Å². The number of hydrogen-bond acceptors (Lipinski definition) is 6. The Bertz CT molecular complexity index is 822. The van der Waals surface area contributed by atoms with Crippen LogP contribution in [0.4, 0.5) is 0 Å². The number of thiophene rings is 1. The smallest absolute Gasteiger partial charge is 0.195 e. The lowest BCUT2D eigenvalue weighted by Crippen LogP contribution is -2.19. The van der Waals surface area contributed by atoms with Crippen LogP contribution in [0.25, 0.3) is 5.69 Å². The summed E-state index contributed by atoms with van der Waals surface area (Å²) in [7, 11) is 2.08. The Morgan fingerprint density at radius 2 is 2.12 bits per heavy atom. The zero-order chi connectivity index (χ0) is 18.4. The number of thioether (sulfide) groups is 1. The third-order valence-corrected chi connectivity index (χ3v) is 5.83. The van der Waals surface area contributed by atoms with Crippen LogP contribution < -0.4 is 0 Å². The fraction of sp³-hybridized carbons (Fsp3) is 0.333. The highest BCUT2D eigenvalue weighted by Gasteiger charge is 2.16. The average Bonchev–Trinajstić information content (AvgIpc) is 3.25. The number of nitrogens with zero attached hydrogens (tertiary/aromatic N) is 4. The molecule has 5 nitrogen and oxygen atoms in total. The molecule has 0 bridgehead atoms. The molecule has 3 rings (SSSR count).